The standard InChI is InChI=1S/C28H35F3N4/c1-3-5-7-9-11-21-15-17-23(18-16-21)34-27-32-20-25(28(29,30)31)26(35-27)33-24-14-10-13-22(19-24)12-8-6-4-2/h10,13-20H,3-9,11-12H2,1-2H3,(H2,32,33,34,35). The summed E-state index contributed by atoms with van der Waals surface area (Å²) >= 11 is 0. The first kappa shape index (κ1) is 26.5. The number of unbranched alkanes of at least 4 members (excludes halogenated alkanes) is 5. The van der Waals surface area contributed by atoms with Gasteiger partial charge in [0.2, 0.25) is 5.95 Å². The lowest BCUT2D eigenvalue weighted by Crippen LogP contribution is -2.12. The average Bonchev–Trinajstić information content (AvgIpc) is 2.83. The minimum Gasteiger partial charge on any atom is -0.340 e. The number of aryl methyl sites for hydroxylation is 2. The summed E-state index contributed by atoms with van der Waals surface area (Å²) < 4.78 is 40.9. The SMILES string of the molecule is CCCCCCc1ccc(Nc2ncc(C(F)(F)F)c(Nc3cccc(CCCCC)c3)n2)cc1. The molecule has 3 rings (SSSR count). The number of rotatable bonds is 13. The van der Waals surface area contributed by atoms with Crippen LogP contribution in [0, 0.1) is 0 Å². The third kappa shape index (κ3) is 8.57. The molecule has 2 N–H and O–H groups in total. The first-order valence-electron chi connectivity index (χ1n) is 12.5. The number of anilines is 4. The minimum absolute atomic E-state index is 0.107. The van der Waals surface area contributed by atoms with E-state index in [0.29, 0.717) is 5.69 Å². The third-order valence-electron chi connectivity index (χ3n) is 5.88. The maximum atomic E-state index is 13.6. The molecule has 0 aliphatic carbocycles. The van der Waals surface area contributed by atoms with Gasteiger partial charge in [-0.3, -0.25) is 0 Å². The Balaban J connectivity index is 1.74. The lowest BCUT2D eigenvalue weighted by Gasteiger charge is -2.15. The Bertz CT molecular complexity index is 1050. The predicted octanol–water partition coefficient (Wildman–Crippen LogP) is 8.84. The van der Waals surface area contributed by atoms with Crippen LogP contribution in [0.25, 0.3) is 0 Å². The van der Waals surface area contributed by atoms with Gasteiger partial charge in [0, 0.05) is 17.6 Å². The predicted molar refractivity (Wildman–Crippen MR) is 138 cm³/mol. The number of hydrogen-bond donors (Lipinski definition) is 2. The molecule has 4 nitrogen and oxygen atoms in total. The molecular weight excluding hydrogens is 449 g/mol. The second kappa shape index (κ2) is 13.1. The summed E-state index contributed by atoms with van der Waals surface area (Å²) in [7, 11) is 0. The van der Waals surface area contributed by atoms with Gasteiger partial charge in [-0.15, -0.1) is 0 Å². The van der Waals surface area contributed by atoms with E-state index >= 15 is 0 Å². The smallest absolute Gasteiger partial charge is 0.340 e. The van der Waals surface area contributed by atoms with Crippen molar-refractivity contribution in [1.82, 2.24) is 9.97 Å². The molecule has 0 spiro atoms. The number of alkyl halides is 3. The van der Waals surface area contributed by atoms with Crippen LogP contribution in [0.15, 0.2) is 54.7 Å². The van der Waals surface area contributed by atoms with Gasteiger partial charge in [0.05, 0.1) is 0 Å². The maximum absolute atomic E-state index is 13.6. The number of nitrogens with one attached hydrogen (secondary N) is 2. The van der Waals surface area contributed by atoms with E-state index in [9.17, 15) is 13.2 Å². The molecule has 0 aliphatic heterocycles. The molecule has 2 aromatic carbocycles. The molecule has 0 fully saturated rings. The van der Waals surface area contributed by atoms with E-state index in [2.05, 4.69) is 34.4 Å². The van der Waals surface area contributed by atoms with Crippen LogP contribution < -0.4 is 10.6 Å². The van der Waals surface area contributed by atoms with Crippen molar-refractivity contribution in [3.63, 3.8) is 0 Å². The van der Waals surface area contributed by atoms with E-state index in [-0.39, 0.29) is 11.8 Å². The Kier molecular flexibility index (Phi) is 9.94. The molecule has 0 atom stereocenters. The van der Waals surface area contributed by atoms with Crippen molar-refractivity contribution >= 4 is 23.1 Å². The molecule has 3 aromatic rings. The van der Waals surface area contributed by atoms with Gasteiger partial charge in [-0.05, 0) is 61.1 Å². The molecule has 0 bridgehead atoms. The van der Waals surface area contributed by atoms with Gasteiger partial charge in [0.15, 0.2) is 0 Å². The molecule has 7 heteroatoms. The van der Waals surface area contributed by atoms with Crippen molar-refractivity contribution in [2.45, 2.75) is 77.8 Å². The summed E-state index contributed by atoms with van der Waals surface area (Å²) in [6.07, 6.45) is 6.26. The molecule has 0 radical (unpaired) electrons. The Morgan fingerprint density at radius 3 is 2.14 bits per heavy atom. The Morgan fingerprint density at radius 2 is 1.43 bits per heavy atom. The molecule has 0 saturated heterocycles. The Morgan fingerprint density at radius 1 is 0.743 bits per heavy atom. The van der Waals surface area contributed by atoms with E-state index in [1.54, 1.807) is 6.07 Å². The van der Waals surface area contributed by atoms with Crippen LogP contribution >= 0.6 is 0 Å². The topological polar surface area (TPSA) is 49.8 Å². The Hall–Kier alpha value is -3.09. The zero-order valence-corrected chi connectivity index (χ0v) is 20.6. The normalized spacial score (nSPS) is 11.5. The molecule has 188 valence electrons. The van der Waals surface area contributed by atoms with Crippen molar-refractivity contribution in [3.8, 4) is 0 Å². The highest BCUT2D eigenvalue weighted by molar-refractivity contribution is 5.63. The van der Waals surface area contributed by atoms with Crippen LogP contribution in [0.3, 0.4) is 0 Å². The first-order valence-corrected chi connectivity index (χ1v) is 12.5. The number of hydrogen-bond acceptors (Lipinski definition) is 4. The van der Waals surface area contributed by atoms with Crippen LogP contribution in [0.5, 0.6) is 0 Å². The zero-order chi connectivity index (χ0) is 25.1. The summed E-state index contributed by atoms with van der Waals surface area (Å²) in [5, 5.41) is 5.90. The van der Waals surface area contributed by atoms with Crippen molar-refractivity contribution < 1.29 is 13.2 Å². The average molecular weight is 485 g/mol. The van der Waals surface area contributed by atoms with Gasteiger partial charge in [-0.2, -0.15) is 18.2 Å². The van der Waals surface area contributed by atoms with Crippen LogP contribution in [0.2, 0.25) is 0 Å². The second-order valence-corrected chi connectivity index (χ2v) is 8.87. The van der Waals surface area contributed by atoms with Gasteiger partial charge in [-0.25, -0.2) is 4.98 Å². The number of aromatic nitrogens is 2. The number of halogens is 3. The highest BCUT2D eigenvalue weighted by Gasteiger charge is 2.35. The van der Waals surface area contributed by atoms with E-state index in [1.807, 2.05) is 42.5 Å². The van der Waals surface area contributed by atoms with Gasteiger partial charge < -0.3 is 10.6 Å². The lowest BCUT2D eigenvalue weighted by molar-refractivity contribution is -0.137. The van der Waals surface area contributed by atoms with E-state index in [4.69, 9.17) is 0 Å². The maximum Gasteiger partial charge on any atom is 0.421 e. The summed E-state index contributed by atoms with van der Waals surface area (Å²) in [5.74, 6) is -0.163. The number of benzene rings is 2. The van der Waals surface area contributed by atoms with Crippen molar-refractivity contribution in [3.05, 3.63) is 71.4 Å². The van der Waals surface area contributed by atoms with Gasteiger partial charge in [-0.1, -0.05) is 70.2 Å². The fraction of sp³-hybridized carbons (Fsp3) is 0.429. The molecule has 1 aromatic heterocycles. The fourth-order valence-electron chi connectivity index (χ4n) is 3.90. The van der Waals surface area contributed by atoms with Crippen LogP contribution in [0.4, 0.5) is 36.3 Å². The fourth-order valence-corrected chi connectivity index (χ4v) is 3.90. The van der Waals surface area contributed by atoms with Crippen molar-refractivity contribution in [2.24, 2.45) is 0 Å². The van der Waals surface area contributed by atoms with E-state index in [1.165, 1.54) is 24.8 Å². The summed E-state index contributed by atoms with van der Waals surface area (Å²) in [6, 6.07) is 15.3. The minimum atomic E-state index is -4.57. The molecule has 35 heavy (non-hydrogen) atoms. The van der Waals surface area contributed by atoms with Gasteiger partial charge >= 0.3 is 6.18 Å². The van der Waals surface area contributed by atoms with Crippen LogP contribution in [0.1, 0.15) is 75.5 Å². The summed E-state index contributed by atoms with van der Waals surface area (Å²) in [6.45, 7) is 4.33. The van der Waals surface area contributed by atoms with Gasteiger partial charge in [0.1, 0.15) is 11.4 Å². The van der Waals surface area contributed by atoms with Crippen molar-refractivity contribution in [2.75, 3.05) is 10.6 Å². The van der Waals surface area contributed by atoms with Crippen LogP contribution in [-0.4, -0.2) is 9.97 Å². The quantitative estimate of drug-likeness (QED) is 0.238. The molecule has 0 amide bonds. The molecular formula is C28H35F3N4. The highest BCUT2D eigenvalue weighted by Crippen LogP contribution is 2.35. The van der Waals surface area contributed by atoms with E-state index in [0.717, 1.165) is 56.0 Å². The van der Waals surface area contributed by atoms with Crippen LogP contribution in [-0.2, 0) is 19.0 Å². The molecule has 1 heterocycles. The highest BCUT2D eigenvalue weighted by atomic mass is 19.4. The van der Waals surface area contributed by atoms with Crippen molar-refractivity contribution in [1.29, 1.82) is 0 Å². The first-order chi connectivity index (χ1) is 16.9. The largest absolute Gasteiger partial charge is 0.421 e. The molecule has 0 saturated carbocycles. The Labute approximate surface area is 206 Å². The lowest BCUT2D eigenvalue weighted by atomic mass is 10.1. The molecule has 0 unspecified atom stereocenters. The molecule has 0 aliphatic rings. The zero-order valence-electron chi connectivity index (χ0n) is 20.6. The summed E-state index contributed by atoms with van der Waals surface area (Å²) in [5.41, 5.74) is 2.72. The summed E-state index contributed by atoms with van der Waals surface area (Å²) in [4.78, 5) is 8.09. The van der Waals surface area contributed by atoms with Gasteiger partial charge in [0.25, 0.3) is 0 Å². The monoisotopic (exact) mass is 484 g/mol. The van der Waals surface area contributed by atoms with E-state index < -0.39 is 11.7 Å². The number of nitrogens with zero attached hydrogens (tertiary/aromatic N) is 2. The second-order valence-electron chi connectivity index (χ2n) is 8.87. The third-order valence-corrected chi connectivity index (χ3v) is 5.88.